The summed E-state index contributed by atoms with van der Waals surface area (Å²) in [7, 11) is 0. The summed E-state index contributed by atoms with van der Waals surface area (Å²) in [5.74, 6) is 0. The Hall–Kier alpha value is -1.39. The summed E-state index contributed by atoms with van der Waals surface area (Å²) >= 11 is 0. The Morgan fingerprint density at radius 3 is 2.50 bits per heavy atom. The molecule has 0 aliphatic rings. The lowest BCUT2D eigenvalue weighted by atomic mass is 10.0. The van der Waals surface area contributed by atoms with Gasteiger partial charge < -0.3 is 5.41 Å². The monoisotopic (exact) mass is 261 g/mol. The highest BCUT2D eigenvalue weighted by atomic mass is 19.4. The summed E-state index contributed by atoms with van der Waals surface area (Å²) < 4.78 is 49.3. The van der Waals surface area contributed by atoms with Crippen molar-refractivity contribution in [1.29, 1.82) is 5.41 Å². The molecule has 0 atom stereocenters. The van der Waals surface area contributed by atoms with Gasteiger partial charge in [0.25, 0.3) is 0 Å². The Bertz CT molecular complexity index is 398. The molecule has 0 aliphatic carbocycles. The van der Waals surface area contributed by atoms with Crippen LogP contribution in [0.3, 0.4) is 0 Å². The lowest BCUT2D eigenvalue weighted by Gasteiger charge is -2.08. The van der Waals surface area contributed by atoms with E-state index in [1.165, 1.54) is 6.07 Å². The molecule has 0 heterocycles. The fourth-order valence-electron chi connectivity index (χ4n) is 1.64. The molecule has 1 aromatic rings. The van der Waals surface area contributed by atoms with Crippen molar-refractivity contribution in [1.82, 2.24) is 0 Å². The van der Waals surface area contributed by atoms with E-state index in [0.29, 0.717) is 31.2 Å². The zero-order valence-electron chi connectivity index (χ0n) is 9.86. The molecular formula is C13H15F4N. The number of nitrogens with one attached hydrogen (secondary N) is 1. The van der Waals surface area contributed by atoms with Crippen LogP contribution in [-0.2, 0) is 12.6 Å². The molecule has 0 aromatic heterocycles. The molecule has 1 N–H and O–H groups in total. The van der Waals surface area contributed by atoms with Crippen molar-refractivity contribution in [2.45, 2.75) is 31.9 Å². The second-order valence-electron chi connectivity index (χ2n) is 4.14. The molecule has 1 aromatic carbocycles. The second kappa shape index (κ2) is 6.52. The first kappa shape index (κ1) is 14.7. The number of rotatable bonds is 6. The molecule has 5 heteroatoms. The summed E-state index contributed by atoms with van der Waals surface area (Å²) in [6.07, 6.45) is -2.14. The zero-order valence-corrected chi connectivity index (χ0v) is 9.86. The first-order valence-corrected chi connectivity index (χ1v) is 5.72. The first-order chi connectivity index (χ1) is 8.43. The van der Waals surface area contributed by atoms with Crippen LogP contribution in [0.25, 0.3) is 0 Å². The number of alkyl halides is 4. The highest BCUT2D eigenvalue weighted by molar-refractivity contribution is 5.82. The minimum Gasteiger partial charge on any atom is -0.307 e. The van der Waals surface area contributed by atoms with Crippen LogP contribution in [0.15, 0.2) is 24.3 Å². The van der Waals surface area contributed by atoms with Gasteiger partial charge in [0, 0.05) is 5.71 Å². The number of unbranched alkanes of at least 4 members (excludes halogenated alkanes) is 1. The fraction of sp³-hybridized carbons (Fsp3) is 0.462. The smallest absolute Gasteiger partial charge is 0.307 e. The van der Waals surface area contributed by atoms with Gasteiger partial charge in [0.15, 0.2) is 0 Å². The molecule has 0 saturated carbocycles. The quantitative estimate of drug-likeness (QED) is 0.445. The summed E-state index contributed by atoms with van der Waals surface area (Å²) in [6, 6.07) is 5.22. The molecule has 0 spiro atoms. The molecule has 1 rings (SSSR count). The van der Waals surface area contributed by atoms with E-state index in [-0.39, 0.29) is 5.71 Å². The van der Waals surface area contributed by atoms with Crippen molar-refractivity contribution in [2.75, 3.05) is 6.67 Å². The van der Waals surface area contributed by atoms with E-state index in [9.17, 15) is 17.6 Å². The average molecular weight is 261 g/mol. The number of benzene rings is 1. The fourth-order valence-corrected chi connectivity index (χ4v) is 1.64. The third-order valence-corrected chi connectivity index (χ3v) is 2.61. The van der Waals surface area contributed by atoms with Gasteiger partial charge in [-0.2, -0.15) is 13.2 Å². The average Bonchev–Trinajstić information content (AvgIpc) is 2.33. The summed E-state index contributed by atoms with van der Waals surface area (Å²) in [5, 5.41) is 7.11. The van der Waals surface area contributed by atoms with Gasteiger partial charge in [-0.25, -0.2) is 4.39 Å². The number of hydrogen-bond acceptors (Lipinski definition) is 1. The molecule has 18 heavy (non-hydrogen) atoms. The highest BCUT2D eigenvalue weighted by Gasteiger charge is 2.30. The minimum absolute atomic E-state index is 0.0408. The largest absolute Gasteiger partial charge is 0.416 e. The molecule has 0 unspecified atom stereocenters. The second-order valence-corrected chi connectivity index (χ2v) is 4.14. The summed E-state index contributed by atoms with van der Waals surface area (Å²) in [5.41, 5.74) is 0.0205. The third-order valence-electron chi connectivity index (χ3n) is 2.61. The van der Waals surface area contributed by atoms with Crippen molar-refractivity contribution in [3.05, 3.63) is 35.4 Å². The van der Waals surface area contributed by atoms with Crippen molar-refractivity contribution in [2.24, 2.45) is 0 Å². The maximum absolute atomic E-state index is 12.4. The number of hydrogen-bond donors (Lipinski definition) is 1. The van der Waals surface area contributed by atoms with Crippen molar-refractivity contribution < 1.29 is 17.6 Å². The molecule has 100 valence electrons. The van der Waals surface area contributed by atoms with Crippen LogP contribution >= 0.6 is 0 Å². The van der Waals surface area contributed by atoms with Crippen LogP contribution in [0.2, 0.25) is 0 Å². The molecule has 0 bridgehead atoms. The van der Waals surface area contributed by atoms with Gasteiger partial charge in [0.1, 0.15) is 6.67 Å². The van der Waals surface area contributed by atoms with Crippen molar-refractivity contribution in [3.63, 3.8) is 0 Å². The van der Waals surface area contributed by atoms with Crippen molar-refractivity contribution in [3.8, 4) is 0 Å². The topological polar surface area (TPSA) is 23.9 Å². The van der Waals surface area contributed by atoms with Crippen LogP contribution in [0.1, 0.15) is 30.4 Å². The van der Waals surface area contributed by atoms with Crippen LogP contribution < -0.4 is 0 Å². The van der Waals surface area contributed by atoms with Gasteiger partial charge in [0.05, 0.1) is 5.56 Å². The Kier molecular flexibility index (Phi) is 5.31. The van der Waals surface area contributed by atoms with Crippen LogP contribution in [0, 0.1) is 5.41 Å². The predicted molar refractivity (Wildman–Crippen MR) is 62.7 cm³/mol. The van der Waals surface area contributed by atoms with Crippen LogP contribution in [0.4, 0.5) is 17.6 Å². The molecule has 0 amide bonds. The Morgan fingerprint density at radius 2 is 1.89 bits per heavy atom. The molecule has 0 aliphatic heterocycles. The van der Waals surface area contributed by atoms with E-state index < -0.39 is 18.4 Å². The Labute approximate surface area is 103 Å². The van der Waals surface area contributed by atoms with E-state index in [1.54, 1.807) is 6.07 Å². The number of aryl methyl sites for hydroxylation is 1. The van der Waals surface area contributed by atoms with Gasteiger partial charge in [-0.3, -0.25) is 0 Å². The third kappa shape index (κ3) is 4.85. The van der Waals surface area contributed by atoms with Gasteiger partial charge in [-0.15, -0.1) is 0 Å². The molecular weight excluding hydrogens is 246 g/mol. The van der Waals surface area contributed by atoms with Gasteiger partial charge in [-0.1, -0.05) is 18.2 Å². The van der Waals surface area contributed by atoms with Crippen LogP contribution in [0.5, 0.6) is 0 Å². The molecule has 0 radical (unpaired) electrons. The van der Waals surface area contributed by atoms with E-state index in [1.807, 2.05) is 0 Å². The Balaban J connectivity index is 2.46. The summed E-state index contributed by atoms with van der Waals surface area (Å²) in [6.45, 7) is -0.746. The van der Waals surface area contributed by atoms with Gasteiger partial charge in [-0.05, 0) is 37.3 Å². The lowest BCUT2D eigenvalue weighted by molar-refractivity contribution is -0.137. The predicted octanol–water partition coefficient (Wildman–Crippen LogP) is 4.41. The van der Waals surface area contributed by atoms with Crippen molar-refractivity contribution >= 4 is 5.71 Å². The molecule has 0 saturated heterocycles. The SMILES string of the molecule is N=C(CF)CCCCc1cccc(C(F)(F)F)c1. The van der Waals surface area contributed by atoms with Gasteiger partial charge >= 0.3 is 6.18 Å². The summed E-state index contributed by atoms with van der Waals surface area (Å²) in [4.78, 5) is 0. The molecule has 0 fully saturated rings. The molecule has 1 nitrogen and oxygen atoms in total. The van der Waals surface area contributed by atoms with E-state index in [4.69, 9.17) is 5.41 Å². The lowest BCUT2D eigenvalue weighted by Crippen LogP contribution is -2.05. The van der Waals surface area contributed by atoms with Gasteiger partial charge in [0.2, 0.25) is 0 Å². The van der Waals surface area contributed by atoms with E-state index >= 15 is 0 Å². The van der Waals surface area contributed by atoms with E-state index in [2.05, 4.69) is 0 Å². The first-order valence-electron chi connectivity index (χ1n) is 5.72. The van der Waals surface area contributed by atoms with Crippen LogP contribution in [-0.4, -0.2) is 12.4 Å². The maximum atomic E-state index is 12.4. The maximum Gasteiger partial charge on any atom is 0.416 e. The number of halogens is 4. The highest BCUT2D eigenvalue weighted by Crippen LogP contribution is 2.29. The normalized spacial score (nSPS) is 11.6. The standard InChI is InChI=1S/C13H15F4N/c14-9-12(18)7-2-1-4-10-5-3-6-11(8-10)13(15,16)17/h3,5-6,8,18H,1-2,4,7,9H2. The Morgan fingerprint density at radius 1 is 1.17 bits per heavy atom. The minimum atomic E-state index is -4.31. The zero-order chi connectivity index (χ0) is 13.6. The van der Waals surface area contributed by atoms with E-state index in [0.717, 1.165) is 12.1 Å².